The van der Waals surface area contributed by atoms with Gasteiger partial charge in [-0.05, 0) is 35.4 Å². The zero-order valence-electron chi connectivity index (χ0n) is 30.2. The van der Waals surface area contributed by atoms with Gasteiger partial charge < -0.3 is 38.6 Å². The van der Waals surface area contributed by atoms with E-state index < -0.39 is 64.8 Å². The Labute approximate surface area is 350 Å². The number of aliphatic carboxylic acids is 2. The number of halogens is 2. The Morgan fingerprint density at radius 1 is 0.673 bits per heavy atom. The fraction of sp³-hybridized carbons (Fsp3) is 0.371. The molecule has 0 aliphatic carbocycles. The molecule has 0 aliphatic heterocycles. The standard InChI is InChI=1S/C35H42B2I2O14P2/c1-5-29(40)50-19-25(52-31(42)15-27(33(44)45)54-36-38)17-48-23-11-7-21(8-12-23)35(3,4)22-9-13-24(14-10-22)49-18-26(20-51-30(41)6-2)53-32(43)16-28(34(46)47)55-37-39/h5-14,25-28,36-37,54-55H,1-2,15-20H2,3-4H3,(H,44,45)(H,46,47). The van der Waals surface area contributed by atoms with Gasteiger partial charge in [-0.1, -0.05) is 51.3 Å². The maximum atomic E-state index is 12.6. The minimum atomic E-state index is -1.09. The van der Waals surface area contributed by atoms with Gasteiger partial charge in [0.05, 0.1) is 24.2 Å². The molecule has 0 radical (unpaired) electrons. The van der Waals surface area contributed by atoms with Gasteiger partial charge in [0.15, 0.2) is 12.2 Å². The summed E-state index contributed by atoms with van der Waals surface area (Å²) in [4.78, 5) is 72.6. The van der Waals surface area contributed by atoms with Crippen molar-refractivity contribution in [3.05, 3.63) is 85.0 Å². The Bertz CT molecular complexity index is 1510. The highest BCUT2D eigenvalue weighted by Crippen LogP contribution is 2.33. The predicted octanol–water partition coefficient (Wildman–Crippen LogP) is 4.50. The second kappa shape index (κ2) is 25.1. The largest absolute Gasteiger partial charge is 0.490 e. The van der Waals surface area contributed by atoms with Gasteiger partial charge in [-0.2, -0.15) is 0 Å². The van der Waals surface area contributed by atoms with Crippen molar-refractivity contribution in [2.45, 2.75) is 55.6 Å². The van der Waals surface area contributed by atoms with Crippen molar-refractivity contribution in [1.29, 1.82) is 0 Å². The highest BCUT2D eigenvalue weighted by atomic mass is 127. The molecule has 0 heterocycles. The number of esters is 4. The normalized spacial score (nSPS) is 13.5. The monoisotopic (exact) mass is 1020 g/mol. The molecule has 0 aromatic heterocycles. The van der Waals surface area contributed by atoms with E-state index in [1.165, 1.54) is 0 Å². The highest BCUT2D eigenvalue weighted by Gasteiger charge is 2.27. The average Bonchev–Trinajstić information content (AvgIpc) is 3.16. The van der Waals surface area contributed by atoms with Crippen LogP contribution in [-0.2, 0) is 53.1 Å². The molecule has 6 atom stereocenters. The quantitative estimate of drug-likeness (QED) is 0.0334. The Hall–Kier alpha value is -3.21. The molecule has 20 heteroatoms. The smallest absolute Gasteiger partial charge is 0.330 e. The molecular formula is C35H42B2I2O14P2. The summed E-state index contributed by atoms with van der Waals surface area (Å²) in [6.07, 6.45) is -0.687. The maximum absolute atomic E-state index is 12.6. The fourth-order valence-corrected chi connectivity index (χ4v) is 9.20. The average molecular weight is 1020 g/mol. The third-order valence-corrected chi connectivity index (χ3v) is 12.6. The number of rotatable bonds is 26. The lowest BCUT2D eigenvalue weighted by atomic mass is 9.78. The molecule has 2 aromatic rings. The lowest BCUT2D eigenvalue weighted by Gasteiger charge is -2.27. The van der Waals surface area contributed by atoms with Gasteiger partial charge >= 0.3 is 35.8 Å². The number of hydrogen-bond donors (Lipinski definition) is 2. The maximum Gasteiger partial charge on any atom is 0.330 e. The van der Waals surface area contributed by atoms with E-state index in [1.807, 2.05) is 82.9 Å². The zero-order chi connectivity index (χ0) is 41.0. The molecule has 55 heavy (non-hydrogen) atoms. The third-order valence-electron chi connectivity index (χ3n) is 7.76. The molecule has 2 aromatic carbocycles. The Morgan fingerprint density at radius 3 is 1.31 bits per heavy atom. The van der Waals surface area contributed by atoms with Gasteiger partial charge in [0.25, 0.3) is 0 Å². The fourth-order valence-electron chi connectivity index (χ4n) is 4.66. The van der Waals surface area contributed by atoms with E-state index in [2.05, 4.69) is 13.2 Å². The van der Waals surface area contributed by atoms with Crippen LogP contribution >= 0.6 is 61.7 Å². The van der Waals surface area contributed by atoms with E-state index in [4.69, 9.17) is 28.4 Å². The summed E-state index contributed by atoms with van der Waals surface area (Å²) in [6, 6.07) is 14.5. The SMILES string of the molecule is C=CC(=O)OCC(COc1ccc(C(C)(C)c2ccc(OCC(COC(=O)C=C)OC(=O)CC(PBI)C(=O)O)cc2)cc1)OC(=O)CC(PBI)C(=O)O. The van der Waals surface area contributed by atoms with E-state index >= 15 is 0 Å². The van der Waals surface area contributed by atoms with Crippen LogP contribution in [0.25, 0.3) is 0 Å². The van der Waals surface area contributed by atoms with Gasteiger partial charge in [0.1, 0.15) is 37.9 Å². The highest BCUT2D eigenvalue weighted by molar-refractivity contribution is 14.1. The van der Waals surface area contributed by atoms with Crippen molar-refractivity contribution >= 4 is 107 Å². The molecule has 2 rings (SSSR count). The molecular weight excluding hydrogens is 982 g/mol. The van der Waals surface area contributed by atoms with Crippen molar-refractivity contribution in [2.24, 2.45) is 0 Å². The number of carboxylic acids is 2. The first-order chi connectivity index (χ1) is 26.1. The summed E-state index contributed by atoms with van der Waals surface area (Å²) in [5, 5.41) is 18.8. The molecule has 0 fully saturated rings. The van der Waals surface area contributed by atoms with Crippen molar-refractivity contribution in [3.63, 3.8) is 0 Å². The minimum Gasteiger partial charge on any atom is -0.490 e. The number of carboxylic acid groups (broad SMARTS) is 2. The number of ether oxygens (including phenoxy) is 6. The second-order valence-corrected chi connectivity index (χ2v) is 19.4. The molecule has 0 saturated carbocycles. The van der Waals surface area contributed by atoms with Crippen LogP contribution in [0.2, 0.25) is 0 Å². The minimum absolute atomic E-state index is 0.0338. The second-order valence-electron chi connectivity index (χ2n) is 12.1. The van der Waals surface area contributed by atoms with E-state index in [0.29, 0.717) is 21.2 Å². The first-order valence-corrected chi connectivity index (χ1v) is 22.2. The van der Waals surface area contributed by atoms with Crippen LogP contribution in [-0.4, -0.2) is 106 Å². The lowest BCUT2D eigenvalue weighted by Crippen LogP contribution is -2.32. The summed E-state index contributed by atoms with van der Waals surface area (Å²) in [6.45, 7) is 9.80. The van der Waals surface area contributed by atoms with Crippen LogP contribution in [0.15, 0.2) is 73.8 Å². The van der Waals surface area contributed by atoms with Crippen molar-refractivity contribution < 1.29 is 67.4 Å². The van der Waals surface area contributed by atoms with Crippen LogP contribution in [0, 0.1) is 0 Å². The van der Waals surface area contributed by atoms with Gasteiger partial charge in [0, 0.05) is 17.6 Å². The van der Waals surface area contributed by atoms with Crippen LogP contribution in [0.3, 0.4) is 0 Å². The van der Waals surface area contributed by atoms with Gasteiger partial charge in [-0.15, -0.1) is 61.7 Å². The predicted molar refractivity (Wildman–Crippen MR) is 229 cm³/mol. The van der Waals surface area contributed by atoms with Crippen LogP contribution in [0.4, 0.5) is 0 Å². The Kier molecular flexibility index (Phi) is 21.9. The Balaban J connectivity index is 2.08. The summed E-state index contributed by atoms with van der Waals surface area (Å²) in [5.74, 6) is -4.19. The summed E-state index contributed by atoms with van der Waals surface area (Å²) < 4.78 is 32.7. The number of carbonyl (C=O) groups is 6. The summed E-state index contributed by atoms with van der Waals surface area (Å²) >= 11 is 4.10. The molecule has 0 aliphatic rings. The molecule has 0 spiro atoms. The van der Waals surface area contributed by atoms with Crippen molar-refractivity contribution in [2.75, 3.05) is 26.4 Å². The van der Waals surface area contributed by atoms with E-state index in [-0.39, 0.29) is 56.2 Å². The zero-order valence-corrected chi connectivity index (χ0v) is 36.5. The summed E-state index contributed by atoms with van der Waals surface area (Å²) in [7, 11) is 0.0676. The topological polar surface area (TPSA) is 198 Å². The van der Waals surface area contributed by atoms with Crippen LogP contribution in [0.1, 0.15) is 37.8 Å². The Morgan fingerprint density at radius 2 is 1.02 bits per heavy atom. The van der Waals surface area contributed by atoms with Crippen molar-refractivity contribution in [3.8, 4) is 11.5 Å². The first kappa shape index (κ1) is 47.9. The first-order valence-electron chi connectivity index (χ1n) is 16.6. The lowest BCUT2D eigenvalue weighted by molar-refractivity contribution is -0.159. The molecule has 0 amide bonds. The molecule has 0 bridgehead atoms. The van der Waals surface area contributed by atoms with E-state index in [1.54, 1.807) is 24.3 Å². The number of hydrogen-bond acceptors (Lipinski definition) is 12. The van der Waals surface area contributed by atoms with Gasteiger partial charge in [0.2, 0.25) is 9.71 Å². The van der Waals surface area contributed by atoms with Crippen LogP contribution < -0.4 is 9.47 Å². The van der Waals surface area contributed by atoms with Crippen LogP contribution in [0.5, 0.6) is 11.5 Å². The molecule has 14 nitrogen and oxygen atoms in total. The van der Waals surface area contributed by atoms with Gasteiger partial charge in [-0.3, -0.25) is 19.2 Å². The third kappa shape index (κ3) is 17.6. The van der Waals surface area contributed by atoms with E-state index in [9.17, 15) is 39.0 Å². The molecule has 6 unspecified atom stereocenters. The van der Waals surface area contributed by atoms with Gasteiger partial charge in [-0.25, -0.2) is 9.59 Å². The molecule has 2 N–H and O–H groups in total. The molecule has 296 valence electrons. The summed E-state index contributed by atoms with van der Waals surface area (Å²) in [5.41, 5.74) is -0.355. The van der Waals surface area contributed by atoms with E-state index in [0.717, 1.165) is 23.3 Å². The number of carbonyl (C=O) groups excluding carboxylic acids is 4. The van der Waals surface area contributed by atoms with Crippen molar-refractivity contribution in [1.82, 2.24) is 0 Å². The number of benzene rings is 2. The molecule has 0 saturated heterocycles.